The molecule has 4 aromatic carbocycles. The van der Waals surface area contributed by atoms with Crippen LogP contribution in [0.25, 0.3) is 16.8 Å². The number of anilines is 1. The quantitative estimate of drug-likeness (QED) is 0.192. The van der Waals surface area contributed by atoms with E-state index in [0.29, 0.717) is 33.3 Å². The summed E-state index contributed by atoms with van der Waals surface area (Å²) in [4.78, 5) is 38.8. The fourth-order valence-electron chi connectivity index (χ4n) is 4.35. The summed E-state index contributed by atoms with van der Waals surface area (Å²) in [6.45, 7) is -0.382. The van der Waals surface area contributed by atoms with Crippen molar-refractivity contribution in [3.05, 3.63) is 105 Å². The molecule has 220 valence electrons. The van der Waals surface area contributed by atoms with Gasteiger partial charge in [-0.15, -0.1) is 0 Å². The minimum absolute atomic E-state index is 0.0654. The van der Waals surface area contributed by atoms with Gasteiger partial charge in [0.25, 0.3) is 11.1 Å². The molecule has 0 aliphatic carbocycles. The Bertz CT molecular complexity index is 1780. The average molecular weight is 671 g/mol. The van der Waals surface area contributed by atoms with E-state index in [1.807, 2.05) is 42.5 Å². The van der Waals surface area contributed by atoms with Crippen LogP contribution in [-0.2, 0) is 22.4 Å². The summed E-state index contributed by atoms with van der Waals surface area (Å²) in [5.41, 5.74) is 0.441. The van der Waals surface area contributed by atoms with Gasteiger partial charge in [0.2, 0.25) is 5.91 Å². The number of hydrogen-bond donors (Lipinski definition) is 1. The van der Waals surface area contributed by atoms with Crippen LogP contribution in [0.2, 0.25) is 0 Å². The maximum Gasteiger partial charge on any atom is 0.416 e. The molecule has 5 rings (SSSR count). The lowest BCUT2D eigenvalue weighted by Crippen LogP contribution is -2.36. The molecule has 7 nitrogen and oxygen atoms in total. The predicted molar refractivity (Wildman–Crippen MR) is 162 cm³/mol. The van der Waals surface area contributed by atoms with Crippen LogP contribution in [0, 0.1) is 0 Å². The fraction of sp³-hybridized carbons (Fsp3) is 0.129. The standard InChI is InChI=1S/C31H22BrF3N2O5S/c1-41-25-13-19(12-24(32)28(25)42-17-18-9-10-20-5-2-3-6-21(20)11-18)14-26-29(39)37(30(40)43-26)16-27(38)36-23-8-4-7-22(15-23)31(33,34)35/h2-15H,16-17H2,1H3,(H,36,38)/b26-14-. The van der Waals surface area contributed by atoms with Gasteiger partial charge in [-0.05, 0) is 92.1 Å². The number of halogens is 4. The predicted octanol–water partition coefficient (Wildman–Crippen LogP) is 7.88. The zero-order valence-electron chi connectivity index (χ0n) is 22.4. The van der Waals surface area contributed by atoms with E-state index in [1.54, 1.807) is 12.1 Å². The van der Waals surface area contributed by atoms with Crippen LogP contribution in [0.4, 0.5) is 23.7 Å². The van der Waals surface area contributed by atoms with E-state index in [2.05, 4.69) is 21.2 Å². The molecule has 1 aliphatic rings. The summed E-state index contributed by atoms with van der Waals surface area (Å²) in [5, 5.41) is 3.82. The van der Waals surface area contributed by atoms with Crippen LogP contribution < -0.4 is 14.8 Å². The van der Waals surface area contributed by atoms with Gasteiger partial charge in [0, 0.05) is 5.69 Å². The first kappa shape index (κ1) is 30.2. The van der Waals surface area contributed by atoms with Crippen LogP contribution >= 0.6 is 27.7 Å². The molecule has 1 N–H and O–H groups in total. The number of hydrogen-bond acceptors (Lipinski definition) is 6. The number of amides is 3. The third-order valence-corrected chi connectivity index (χ3v) is 7.89. The third kappa shape index (κ3) is 7.03. The van der Waals surface area contributed by atoms with Crippen LogP contribution in [0.1, 0.15) is 16.7 Å². The minimum atomic E-state index is -4.59. The summed E-state index contributed by atoms with van der Waals surface area (Å²) in [7, 11) is 1.48. The van der Waals surface area contributed by atoms with E-state index < -0.39 is 35.3 Å². The smallest absolute Gasteiger partial charge is 0.416 e. The highest BCUT2D eigenvalue weighted by Crippen LogP contribution is 2.40. The Morgan fingerprint density at radius 1 is 1.00 bits per heavy atom. The van der Waals surface area contributed by atoms with E-state index in [9.17, 15) is 27.6 Å². The summed E-state index contributed by atoms with van der Waals surface area (Å²) in [5.74, 6) is -0.686. The first-order valence-electron chi connectivity index (χ1n) is 12.7. The Labute approximate surface area is 256 Å². The van der Waals surface area contributed by atoms with E-state index >= 15 is 0 Å². The molecule has 0 atom stereocenters. The van der Waals surface area contributed by atoms with E-state index in [1.165, 1.54) is 19.3 Å². The number of ether oxygens (including phenoxy) is 2. The van der Waals surface area contributed by atoms with Gasteiger partial charge in [-0.25, -0.2) is 0 Å². The van der Waals surface area contributed by atoms with Gasteiger partial charge >= 0.3 is 6.18 Å². The molecular weight excluding hydrogens is 649 g/mol. The first-order chi connectivity index (χ1) is 20.5. The van der Waals surface area contributed by atoms with Crippen molar-refractivity contribution in [3.63, 3.8) is 0 Å². The highest BCUT2D eigenvalue weighted by atomic mass is 79.9. The number of alkyl halides is 3. The molecule has 43 heavy (non-hydrogen) atoms. The van der Waals surface area contributed by atoms with Gasteiger partial charge in [-0.1, -0.05) is 42.5 Å². The van der Waals surface area contributed by atoms with Crippen molar-refractivity contribution in [3.8, 4) is 11.5 Å². The number of rotatable bonds is 8. The van der Waals surface area contributed by atoms with E-state index in [-0.39, 0.29) is 17.2 Å². The van der Waals surface area contributed by atoms with E-state index in [0.717, 1.165) is 39.4 Å². The highest BCUT2D eigenvalue weighted by molar-refractivity contribution is 9.10. The maximum absolute atomic E-state index is 13.0. The third-order valence-electron chi connectivity index (χ3n) is 6.40. The number of carbonyl (C=O) groups excluding carboxylic acids is 3. The van der Waals surface area contributed by atoms with Crippen LogP contribution in [-0.4, -0.2) is 35.6 Å². The zero-order chi connectivity index (χ0) is 30.7. The number of imide groups is 1. The second-order valence-electron chi connectivity index (χ2n) is 9.40. The molecule has 0 radical (unpaired) electrons. The lowest BCUT2D eigenvalue weighted by Gasteiger charge is -2.14. The number of benzene rings is 4. The Kier molecular flexibility index (Phi) is 8.79. The fourth-order valence-corrected chi connectivity index (χ4v) is 5.76. The molecule has 1 saturated heterocycles. The molecule has 1 fully saturated rings. The molecule has 4 aromatic rings. The molecular formula is C31H22BrF3N2O5S. The molecule has 0 bridgehead atoms. The van der Waals surface area contributed by atoms with E-state index in [4.69, 9.17) is 9.47 Å². The van der Waals surface area contributed by atoms with Crippen molar-refractivity contribution in [2.45, 2.75) is 12.8 Å². The van der Waals surface area contributed by atoms with Crippen molar-refractivity contribution in [2.24, 2.45) is 0 Å². The largest absolute Gasteiger partial charge is 0.493 e. The summed E-state index contributed by atoms with van der Waals surface area (Å²) >= 11 is 4.14. The molecule has 0 saturated carbocycles. The van der Waals surface area contributed by atoms with Crippen molar-refractivity contribution >= 4 is 67.3 Å². The molecule has 0 unspecified atom stereocenters. The number of thioether (sulfide) groups is 1. The minimum Gasteiger partial charge on any atom is -0.493 e. The Hall–Kier alpha value is -4.29. The van der Waals surface area contributed by atoms with Gasteiger partial charge < -0.3 is 14.8 Å². The Balaban J connectivity index is 1.27. The second kappa shape index (κ2) is 12.5. The maximum atomic E-state index is 13.0. The molecule has 0 aromatic heterocycles. The zero-order valence-corrected chi connectivity index (χ0v) is 24.8. The number of nitrogens with one attached hydrogen (secondary N) is 1. The molecule has 1 heterocycles. The first-order valence-corrected chi connectivity index (χ1v) is 14.3. The van der Waals surface area contributed by atoms with Gasteiger partial charge in [0.15, 0.2) is 11.5 Å². The van der Waals surface area contributed by atoms with Crippen molar-refractivity contribution in [2.75, 3.05) is 19.0 Å². The number of methoxy groups -OCH3 is 1. The SMILES string of the molecule is COc1cc(/C=C2\SC(=O)N(CC(=O)Nc3cccc(C(F)(F)F)c3)C2=O)cc(Br)c1OCc1ccc2ccccc2c1. The molecule has 3 amide bonds. The van der Waals surface area contributed by atoms with Crippen LogP contribution in [0.15, 0.2) is 88.2 Å². The van der Waals surface area contributed by atoms with Gasteiger partial charge in [-0.3, -0.25) is 19.3 Å². The Morgan fingerprint density at radius 2 is 1.77 bits per heavy atom. The van der Waals surface area contributed by atoms with Gasteiger partial charge in [0.1, 0.15) is 13.2 Å². The number of nitrogens with zero attached hydrogens (tertiary/aromatic N) is 1. The lowest BCUT2D eigenvalue weighted by molar-refractivity contribution is -0.137. The van der Waals surface area contributed by atoms with Crippen LogP contribution in [0.3, 0.4) is 0 Å². The summed E-state index contributed by atoms with van der Waals surface area (Å²) < 4.78 is 51.0. The molecule has 0 spiro atoms. The van der Waals surface area contributed by atoms with Gasteiger partial charge in [0.05, 0.1) is 22.1 Å². The Morgan fingerprint density at radius 3 is 2.51 bits per heavy atom. The van der Waals surface area contributed by atoms with Crippen molar-refractivity contribution in [1.82, 2.24) is 4.90 Å². The molecule has 12 heteroatoms. The normalized spacial score (nSPS) is 14.4. The summed E-state index contributed by atoms with van der Waals surface area (Å²) in [6.07, 6.45) is -3.10. The lowest BCUT2D eigenvalue weighted by atomic mass is 10.1. The number of carbonyl (C=O) groups is 3. The van der Waals surface area contributed by atoms with Crippen molar-refractivity contribution < 1.29 is 37.0 Å². The van der Waals surface area contributed by atoms with Crippen molar-refractivity contribution in [1.29, 1.82) is 0 Å². The highest BCUT2D eigenvalue weighted by Gasteiger charge is 2.36. The topological polar surface area (TPSA) is 84.9 Å². The summed E-state index contributed by atoms with van der Waals surface area (Å²) in [6, 6.07) is 21.4. The number of fused-ring (bicyclic) bond motifs is 1. The van der Waals surface area contributed by atoms with Crippen LogP contribution in [0.5, 0.6) is 11.5 Å². The average Bonchev–Trinajstić information content (AvgIpc) is 3.23. The monoisotopic (exact) mass is 670 g/mol. The second-order valence-corrected chi connectivity index (χ2v) is 11.2. The molecule has 1 aliphatic heterocycles. The van der Waals surface area contributed by atoms with Gasteiger partial charge in [-0.2, -0.15) is 13.2 Å².